The average molecular weight is 418 g/mol. The average Bonchev–Trinajstić information content (AvgIpc) is 2.69. The van der Waals surface area contributed by atoms with Crippen LogP contribution in [0.3, 0.4) is 0 Å². The standard InChI is InChI=1S/C20H17ClFN3O2S/c1-13-2-7-17(10-18(13)21)28(26,27)25-9-8-19-15(12-25)11-23-20(24-19)14-3-5-16(22)6-4-14/h2-7,10-11H,8-9,12H2,1H3. The first-order valence-electron chi connectivity index (χ1n) is 8.71. The second kappa shape index (κ2) is 7.24. The van der Waals surface area contributed by atoms with Crippen LogP contribution in [0.5, 0.6) is 0 Å². The van der Waals surface area contributed by atoms with E-state index in [1.807, 2.05) is 6.92 Å². The third-order valence-electron chi connectivity index (χ3n) is 4.78. The molecule has 2 aromatic carbocycles. The van der Waals surface area contributed by atoms with Crippen molar-refractivity contribution in [1.82, 2.24) is 14.3 Å². The predicted molar refractivity (Wildman–Crippen MR) is 105 cm³/mol. The number of aromatic nitrogens is 2. The van der Waals surface area contributed by atoms with Gasteiger partial charge in [-0.25, -0.2) is 22.8 Å². The molecule has 0 aliphatic carbocycles. The van der Waals surface area contributed by atoms with Gasteiger partial charge in [0, 0.05) is 41.9 Å². The number of benzene rings is 2. The van der Waals surface area contributed by atoms with Gasteiger partial charge in [0.2, 0.25) is 10.0 Å². The van der Waals surface area contributed by atoms with Crippen LogP contribution in [0.1, 0.15) is 16.8 Å². The van der Waals surface area contributed by atoms with Crippen LogP contribution in [0.2, 0.25) is 5.02 Å². The molecule has 0 fully saturated rings. The van der Waals surface area contributed by atoms with Gasteiger partial charge in [0.1, 0.15) is 5.82 Å². The van der Waals surface area contributed by atoms with Crippen molar-refractivity contribution in [3.63, 3.8) is 0 Å². The van der Waals surface area contributed by atoms with E-state index in [4.69, 9.17) is 11.6 Å². The fourth-order valence-electron chi connectivity index (χ4n) is 3.12. The highest BCUT2D eigenvalue weighted by molar-refractivity contribution is 7.89. The number of rotatable bonds is 3. The van der Waals surface area contributed by atoms with E-state index in [0.717, 1.165) is 16.8 Å². The lowest BCUT2D eigenvalue weighted by Crippen LogP contribution is -2.36. The van der Waals surface area contributed by atoms with Gasteiger partial charge < -0.3 is 0 Å². The van der Waals surface area contributed by atoms with Crippen LogP contribution in [0.15, 0.2) is 53.6 Å². The molecule has 0 saturated carbocycles. The molecule has 0 N–H and O–H groups in total. The van der Waals surface area contributed by atoms with E-state index in [-0.39, 0.29) is 17.3 Å². The molecule has 0 bridgehead atoms. The summed E-state index contributed by atoms with van der Waals surface area (Å²) in [5, 5.41) is 0.422. The Bertz CT molecular complexity index is 1150. The van der Waals surface area contributed by atoms with Crippen molar-refractivity contribution < 1.29 is 12.8 Å². The Kier molecular flexibility index (Phi) is 4.91. The lowest BCUT2D eigenvalue weighted by atomic mass is 10.1. The Morgan fingerprint density at radius 2 is 1.89 bits per heavy atom. The first-order chi connectivity index (χ1) is 13.3. The number of fused-ring (bicyclic) bond motifs is 1. The zero-order valence-electron chi connectivity index (χ0n) is 15.1. The molecule has 28 heavy (non-hydrogen) atoms. The zero-order valence-corrected chi connectivity index (χ0v) is 16.6. The molecule has 1 aliphatic rings. The molecule has 0 atom stereocenters. The van der Waals surface area contributed by atoms with Gasteiger partial charge in [-0.1, -0.05) is 17.7 Å². The van der Waals surface area contributed by atoms with Crippen molar-refractivity contribution in [3.8, 4) is 11.4 Å². The third-order valence-corrected chi connectivity index (χ3v) is 7.03. The Balaban J connectivity index is 1.61. The Morgan fingerprint density at radius 3 is 2.61 bits per heavy atom. The van der Waals surface area contributed by atoms with Gasteiger partial charge in [0.05, 0.1) is 10.6 Å². The first kappa shape index (κ1) is 19.0. The zero-order chi connectivity index (χ0) is 19.9. The van der Waals surface area contributed by atoms with Gasteiger partial charge in [0.25, 0.3) is 0 Å². The van der Waals surface area contributed by atoms with Crippen molar-refractivity contribution in [2.75, 3.05) is 6.54 Å². The number of halogens is 2. The van der Waals surface area contributed by atoms with E-state index < -0.39 is 10.0 Å². The van der Waals surface area contributed by atoms with Crippen molar-refractivity contribution in [3.05, 3.63) is 76.3 Å². The van der Waals surface area contributed by atoms with Crippen molar-refractivity contribution in [2.24, 2.45) is 0 Å². The second-order valence-electron chi connectivity index (χ2n) is 6.67. The van der Waals surface area contributed by atoms with Crippen LogP contribution in [0.4, 0.5) is 4.39 Å². The van der Waals surface area contributed by atoms with Crippen LogP contribution < -0.4 is 0 Å². The fourth-order valence-corrected chi connectivity index (χ4v) is 4.81. The monoisotopic (exact) mass is 417 g/mol. The molecule has 1 aromatic heterocycles. The van der Waals surface area contributed by atoms with Crippen LogP contribution in [-0.4, -0.2) is 29.2 Å². The summed E-state index contributed by atoms with van der Waals surface area (Å²) in [5.41, 5.74) is 3.11. The van der Waals surface area contributed by atoms with Crippen molar-refractivity contribution in [2.45, 2.75) is 24.8 Å². The number of nitrogens with zero attached hydrogens (tertiary/aromatic N) is 3. The molecule has 1 aliphatic heterocycles. The molecular formula is C20H17ClFN3O2S. The van der Waals surface area contributed by atoms with E-state index in [1.165, 1.54) is 22.5 Å². The summed E-state index contributed by atoms with van der Waals surface area (Å²) in [5.74, 6) is 0.180. The van der Waals surface area contributed by atoms with Crippen molar-refractivity contribution in [1.29, 1.82) is 0 Å². The molecule has 0 saturated heterocycles. The van der Waals surface area contributed by atoms with Crippen LogP contribution in [-0.2, 0) is 23.0 Å². The Hall–Kier alpha value is -2.35. The SMILES string of the molecule is Cc1ccc(S(=O)(=O)N2CCc3nc(-c4ccc(F)cc4)ncc3C2)cc1Cl. The fraction of sp³-hybridized carbons (Fsp3) is 0.200. The summed E-state index contributed by atoms with van der Waals surface area (Å²) in [6.45, 7) is 2.35. The summed E-state index contributed by atoms with van der Waals surface area (Å²) in [7, 11) is -3.66. The summed E-state index contributed by atoms with van der Waals surface area (Å²) in [4.78, 5) is 9.06. The minimum atomic E-state index is -3.66. The molecule has 0 radical (unpaired) electrons. The van der Waals surface area contributed by atoms with Crippen molar-refractivity contribution >= 4 is 21.6 Å². The summed E-state index contributed by atoms with van der Waals surface area (Å²) in [6.07, 6.45) is 2.12. The second-order valence-corrected chi connectivity index (χ2v) is 9.02. The lowest BCUT2D eigenvalue weighted by molar-refractivity contribution is 0.387. The molecule has 2 heterocycles. The number of hydrogen-bond donors (Lipinski definition) is 0. The Morgan fingerprint density at radius 1 is 1.14 bits per heavy atom. The van der Waals surface area contributed by atoms with Gasteiger partial charge in [-0.15, -0.1) is 0 Å². The van der Waals surface area contributed by atoms with Crippen LogP contribution in [0, 0.1) is 12.7 Å². The van der Waals surface area contributed by atoms with Gasteiger partial charge in [-0.2, -0.15) is 4.31 Å². The molecule has 0 unspecified atom stereocenters. The maximum absolute atomic E-state index is 13.1. The quantitative estimate of drug-likeness (QED) is 0.646. The molecular weight excluding hydrogens is 401 g/mol. The molecule has 0 amide bonds. The lowest BCUT2D eigenvalue weighted by Gasteiger charge is -2.27. The minimum Gasteiger partial charge on any atom is -0.236 e. The van der Waals surface area contributed by atoms with E-state index in [0.29, 0.717) is 29.4 Å². The van der Waals surface area contributed by atoms with Crippen LogP contribution >= 0.6 is 11.6 Å². The van der Waals surface area contributed by atoms with E-state index >= 15 is 0 Å². The molecule has 5 nitrogen and oxygen atoms in total. The third kappa shape index (κ3) is 3.53. The summed E-state index contributed by atoms with van der Waals surface area (Å²) >= 11 is 6.10. The number of sulfonamides is 1. The summed E-state index contributed by atoms with van der Waals surface area (Å²) < 4.78 is 40.5. The topological polar surface area (TPSA) is 63.2 Å². The summed E-state index contributed by atoms with van der Waals surface area (Å²) in [6, 6.07) is 10.7. The highest BCUT2D eigenvalue weighted by atomic mass is 35.5. The van der Waals surface area contributed by atoms with Gasteiger partial charge >= 0.3 is 0 Å². The van der Waals surface area contributed by atoms with E-state index in [1.54, 1.807) is 30.5 Å². The minimum absolute atomic E-state index is 0.176. The first-order valence-corrected chi connectivity index (χ1v) is 10.5. The van der Waals surface area contributed by atoms with Gasteiger partial charge in [-0.05, 0) is 48.9 Å². The molecule has 8 heteroatoms. The maximum Gasteiger partial charge on any atom is 0.243 e. The van der Waals surface area contributed by atoms with E-state index in [9.17, 15) is 12.8 Å². The normalized spacial score (nSPS) is 14.7. The molecule has 4 rings (SSSR count). The number of aryl methyl sites for hydroxylation is 1. The highest BCUT2D eigenvalue weighted by Crippen LogP contribution is 2.27. The van der Waals surface area contributed by atoms with Gasteiger partial charge in [-0.3, -0.25) is 0 Å². The smallest absolute Gasteiger partial charge is 0.236 e. The maximum atomic E-state index is 13.1. The Labute approximate surface area is 167 Å². The highest BCUT2D eigenvalue weighted by Gasteiger charge is 2.29. The van der Waals surface area contributed by atoms with E-state index in [2.05, 4.69) is 9.97 Å². The van der Waals surface area contributed by atoms with Gasteiger partial charge in [0.15, 0.2) is 5.82 Å². The van der Waals surface area contributed by atoms with Crippen LogP contribution in [0.25, 0.3) is 11.4 Å². The molecule has 3 aromatic rings. The largest absolute Gasteiger partial charge is 0.243 e. The molecule has 0 spiro atoms. The number of hydrogen-bond acceptors (Lipinski definition) is 4. The predicted octanol–water partition coefficient (Wildman–Crippen LogP) is 3.99. The molecule has 144 valence electrons.